The Balaban J connectivity index is 1.14. The summed E-state index contributed by atoms with van der Waals surface area (Å²) >= 11 is 1.84. The van der Waals surface area contributed by atoms with Crippen molar-refractivity contribution in [2.24, 2.45) is 0 Å². The molecule has 4 nitrogen and oxygen atoms in total. The minimum Gasteiger partial charge on any atom is -0.360 e. The zero-order valence-corrected chi connectivity index (χ0v) is 20.1. The van der Waals surface area contributed by atoms with Crippen LogP contribution in [-0.2, 0) is 10.5 Å². The van der Waals surface area contributed by atoms with Crippen molar-refractivity contribution in [1.82, 2.24) is 5.32 Å². The average molecular weight is 477 g/mol. The third kappa shape index (κ3) is 5.29. The van der Waals surface area contributed by atoms with Gasteiger partial charge in [0, 0.05) is 29.2 Å². The topological polar surface area (TPSA) is 36.8 Å². The molecule has 3 aromatic rings. The normalized spacial score (nSPS) is 18.0. The minimum absolute atomic E-state index is 0.0958. The minimum atomic E-state index is -0.194. The largest absolute Gasteiger partial charge is 0.360 e. The van der Waals surface area contributed by atoms with Crippen molar-refractivity contribution in [2.45, 2.75) is 29.5 Å². The molecule has 176 valence electrons. The number of hydrogen-bond acceptors (Lipinski definition) is 3. The fourth-order valence-electron chi connectivity index (χ4n) is 4.99. The third-order valence-electron chi connectivity index (χ3n) is 6.88. The molecule has 2 N–H and O–H groups in total. The average Bonchev–Trinajstić information content (AvgIpc) is 3.02. The molecular formula is C28H31FN3OS+. The Bertz CT molecular complexity index is 1080. The van der Waals surface area contributed by atoms with Crippen LogP contribution in [0.2, 0.25) is 0 Å². The number of rotatable bonds is 6. The van der Waals surface area contributed by atoms with E-state index in [2.05, 4.69) is 58.7 Å². The standard InChI is InChI=1S/C28H30FN3OS/c29-22-11-13-23(14-12-22)32-18-16-31(17-19-32)15-5-10-27(33)30-28-24-7-2-1-6-21(24)20-34-26-9-4-3-8-25(26)28/h1-4,6-9,11-14,28H,5,10,15-20H2,(H,30,33)/p+1/t28-/m0/s1. The monoisotopic (exact) mass is 476 g/mol. The van der Waals surface area contributed by atoms with Gasteiger partial charge in [0.1, 0.15) is 5.82 Å². The highest BCUT2D eigenvalue weighted by Crippen LogP contribution is 2.39. The van der Waals surface area contributed by atoms with Gasteiger partial charge in [-0.25, -0.2) is 4.39 Å². The summed E-state index contributed by atoms with van der Waals surface area (Å²) in [7, 11) is 0. The number of carbonyl (C=O) groups excluding carboxylic acids is 1. The molecule has 2 aliphatic heterocycles. The molecule has 0 radical (unpaired) electrons. The molecule has 1 saturated heterocycles. The number of thioether (sulfide) groups is 1. The fraction of sp³-hybridized carbons (Fsp3) is 0.321. The first-order valence-electron chi connectivity index (χ1n) is 12.1. The van der Waals surface area contributed by atoms with Crippen molar-refractivity contribution in [3.05, 3.63) is 95.3 Å². The number of hydrogen-bond donors (Lipinski definition) is 2. The Morgan fingerprint density at radius 3 is 2.47 bits per heavy atom. The van der Waals surface area contributed by atoms with Gasteiger partial charge in [-0.15, -0.1) is 11.8 Å². The van der Waals surface area contributed by atoms with Gasteiger partial charge >= 0.3 is 0 Å². The highest BCUT2D eigenvalue weighted by atomic mass is 32.2. The van der Waals surface area contributed by atoms with Crippen LogP contribution in [0.1, 0.15) is 35.6 Å². The summed E-state index contributed by atoms with van der Waals surface area (Å²) < 4.78 is 13.2. The van der Waals surface area contributed by atoms with Crippen molar-refractivity contribution in [3.63, 3.8) is 0 Å². The van der Waals surface area contributed by atoms with Gasteiger partial charge in [0.05, 0.1) is 38.8 Å². The molecule has 0 spiro atoms. The molecule has 0 saturated carbocycles. The maximum Gasteiger partial charge on any atom is 0.220 e. The Labute approximate surface area is 205 Å². The highest BCUT2D eigenvalue weighted by molar-refractivity contribution is 7.98. The highest BCUT2D eigenvalue weighted by Gasteiger charge is 2.25. The number of anilines is 1. The summed E-state index contributed by atoms with van der Waals surface area (Å²) in [6, 6.07) is 23.5. The molecule has 0 unspecified atom stereocenters. The number of piperazine rings is 1. The van der Waals surface area contributed by atoms with Gasteiger partial charge < -0.3 is 15.1 Å². The summed E-state index contributed by atoms with van der Waals surface area (Å²) in [5.74, 6) is 0.846. The Kier molecular flexibility index (Phi) is 7.16. The number of amides is 1. The Morgan fingerprint density at radius 2 is 1.68 bits per heavy atom. The van der Waals surface area contributed by atoms with Crippen LogP contribution < -0.4 is 15.1 Å². The molecule has 1 fully saturated rings. The number of halogens is 1. The number of carbonyl (C=O) groups is 1. The maximum absolute atomic E-state index is 13.2. The second kappa shape index (κ2) is 10.6. The van der Waals surface area contributed by atoms with Crippen molar-refractivity contribution in [3.8, 4) is 0 Å². The van der Waals surface area contributed by atoms with Gasteiger partial charge in [0.25, 0.3) is 0 Å². The van der Waals surface area contributed by atoms with Crippen LogP contribution in [0.25, 0.3) is 0 Å². The predicted molar refractivity (Wildman–Crippen MR) is 136 cm³/mol. The molecule has 3 aromatic carbocycles. The van der Waals surface area contributed by atoms with Crippen LogP contribution in [0.3, 0.4) is 0 Å². The smallest absolute Gasteiger partial charge is 0.220 e. The van der Waals surface area contributed by atoms with E-state index in [9.17, 15) is 9.18 Å². The summed E-state index contributed by atoms with van der Waals surface area (Å²) in [4.78, 5) is 18.1. The van der Waals surface area contributed by atoms with E-state index in [1.54, 1.807) is 0 Å². The fourth-order valence-corrected chi connectivity index (χ4v) is 6.09. The van der Waals surface area contributed by atoms with E-state index >= 15 is 0 Å². The molecule has 0 aromatic heterocycles. The quantitative estimate of drug-likeness (QED) is 0.568. The van der Waals surface area contributed by atoms with Gasteiger partial charge in [-0.3, -0.25) is 4.79 Å². The second-order valence-electron chi connectivity index (χ2n) is 9.09. The third-order valence-corrected chi connectivity index (χ3v) is 8.02. The Morgan fingerprint density at radius 1 is 0.971 bits per heavy atom. The van der Waals surface area contributed by atoms with Gasteiger partial charge in [-0.2, -0.15) is 0 Å². The van der Waals surface area contributed by atoms with E-state index in [0.29, 0.717) is 6.42 Å². The van der Waals surface area contributed by atoms with E-state index in [-0.39, 0.29) is 17.8 Å². The van der Waals surface area contributed by atoms with Crippen LogP contribution in [0.5, 0.6) is 0 Å². The maximum atomic E-state index is 13.2. The van der Waals surface area contributed by atoms with E-state index in [1.165, 1.54) is 38.6 Å². The summed E-state index contributed by atoms with van der Waals surface area (Å²) in [6.45, 7) is 5.00. The number of quaternary nitrogens is 1. The van der Waals surface area contributed by atoms with Gasteiger partial charge in [0.15, 0.2) is 0 Å². The van der Waals surface area contributed by atoms with E-state index in [4.69, 9.17) is 0 Å². The number of nitrogens with zero attached hydrogens (tertiary/aromatic N) is 1. The number of nitrogens with one attached hydrogen (secondary N) is 2. The van der Waals surface area contributed by atoms with Crippen molar-refractivity contribution in [2.75, 3.05) is 37.6 Å². The first kappa shape index (κ1) is 22.9. The summed E-state index contributed by atoms with van der Waals surface area (Å²) in [5.41, 5.74) is 4.77. The van der Waals surface area contributed by atoms with Crippen LogP contribution in [-0.4, -0.2) is 38.6 Å². The molecule has 1 amide bonds. The lowest BCUT2D eigenvalue weighted by atomic mass is 9.95. The van der Waals surface area contributed by atoms with Gasteiger partial charge in [0.2, 0.25) is 5.91 Å². The van der Waals surface area contributed by atoms with E-state index < -0.39 is 0 Å². The van der Waals surface area contributed by atoms with Crippen molar-refractivity contribution < 1.29 is 14.1 Å². The second-order valence-corrected chi connectivity index (χ2v) is 10.1. The molecule has 1 atom stereocenters. The van der Waals surface area contributed by atoms with E-state index in [0.717, 1.165) is 50.6 Å². The van der Waals surface area contributed by atoms with Crippen LogP contribution in [0.4, 0.5) is 10.1 Å². The lowest BCUT2D eigenvalue weighted by Gasteiger charge is -2.33. The molecule has 34 heavy (non-hydrogen) atoms. The van der Waals surface area contributed by atoms with E-state index in [1.807, 2.05) is 23.9 Å². The van der Waals surface area contributed by atoms with Crippen molar-refractivity contribution >= 4 is 23.4 Å². The predicted octanol–water partition coefficient (Wildman–Crippen LogP) is 3.82. The van der Waals surface area contributed by atoms with Gasteiger partial charge in [-0.05, 0) is 47.0 Å². The molecule has 2 aliphatic rings. The SMILES string of the molecule is O=C(CCC[NH+]1CCN(c2ccc(F)cc2)CC1)N[C@H]1c2ccccc2CSc2ccccc21. The molecule has 2 heterocycles. The van der Waals surface area contributed by atoms with Crippen LogP contribution in [0, 0.1) is 5.82 Å². The van der Waals surface area contributed by atoms with Gasteiger partial charge in [-0.1, -0.05) is 42.5 Å². The van der Waals surface area contributed by atoms with Crippen LogP contribution >= 0.6 is 11.8 Å². The molecule has 5 rings (SSSR count). The summed E-state index contributed by atoms with van der Waals surface area (Å²) in [6.07, 6.45) is 1.42. The number of benzene rings is 3. The first-order chi connectivity index (χ1) is 16.7. The molecule has 6 heteroatoms. The van der Waals surface area contributed by atoms with Crippen molar-refractivity contribution in [1.29, 1.82) is 0 Å². The molecule has 0 bridgehead atoms. The first-order valence-corrected chi connectivity index (χ1v) is 13.1. The number of fused-ring (bicyclic) bond motifs is 2. The molecule has 0 aliphatic carbocycles. The zero-order valence-electron chi connectivity index (χ0n) is 19.3. The zero-order chi connectivity index (χ0) is 23.3. The lowest BCUT2D eigenvalue weighted by Crippen LogP contribution is -3.14. The lowest BCUT2D eigenvalue weighted by molar-refractivity contribution is -0.900. The Hall–Kier alpha value is -2.83. The molecular weight excluding hydrogens is 445 g/mol. The summed E-state index contributed by atoms with van der Waals surface area (Å²) in [5, 5.41) is 3.34. The van der Waals surface area contributed by atoms with Crippen LogP contribution in [0.15, 0.2) is 77.7 Å².